The van der Waals surface area contributed by atoms with Crippen molar-refractivity contribution in [2.75, 3.05) is 25.1 Å². The van der Waals surface area contributed by atoms with Crippen LogP contribution in [0.4, 0.5) is 5.69 Å². The third-order valence-electron chi connectivity index (χ3n) is 5.20. The molecule has 0 radical (unpaired) electrons. The molecule has 0 spiro atoms. The van der Waals surface area contributed by atoms with E-state index in [1.165, 1.54) is 18.4 Å². The lowest BCUT2D eigenvalue weighted by Crippen LogP contribution is -2.41. The molecule has 2 aliphatic heterocycles. The Bertz CT molecular complexity index is 593. The molecule has 1 aromatic carbocycles. The minimum absolute atomic E-state index is 0.0517. The van der Waals surface area contributed by atoms with E-state index in [-0.39, 0.29) is 23.8 Å². The second-order valence-corrected chi connectivity index (χ2v) is 7.08. The number of likely N-dealkylation sites (tertiary alicyclic amines) is 1. The fraction of sp³-hybridized carbons (Fsp3) is 0.600. The van der Waals surface area contributed by atoms with Gasteiger partial charge in [-0.15, -0.1) is 0 Å². The summed E-state index contributed by atoms with van der Waals surface area (Å²) in [6, 6.07) is 8.28. The number of anilines is 1. The SMILES string of the molecule is CCCCc1ccc(NC(=O)C2CC(=O)N(C3CCOCC3)C2)cc1. The van der Waals surface area contributed by atoms with E-state index in [9.17, 15) is 9.59 Å². The predicted octanol–water partition coefficient (Wildman–Crippen LogP) is 3.00. The number of hydrogen-bond acceptors (Lipinski definition) is 3. The minimum atomic E-state index is -0.255. The number of hydrogen-bond donors (Lipinski definition) is 1. The van der Waals surface area contributed by atoms with E-state index < -0.39 is 0 Å². The maximum atomic E-state index is 12.5. The lowest BCUT2D eigenvalue weighted by Gasteiger charge is -2.31. The number of benzene rings is 1. The van der Waals surface area contributed by atoms with Crippen molar-refractivity contribution in [3.05, 3.63) is 29.8 Å². The van der Waals surface area contributed by atoms with Crippen molar-refractivity contribution >= 4 is 17.5 Å². The second kappa shape index (κ2) is 8.48. The smallest absolute Gasteiger partial charge is 0.229 e. The van der Waals surface area contributed by atoms with Crippen LogP contribution in [-0.4, -0.2) is 42.5 Å². The summed E-state index contributed by atoms with van der Waals surface area (Å²) in [5.41, 5.74) is 2.10. The molecule has 25 heavy (non-hydrogen) atoms. The van der Waals surface area contributed by atoms with Crippen LogP contribution in [0.5, 0.6) is 0 Å². The summed E-state index contributed by atoms with van der Waals surface area (Å²) < 4.78 is 5.36. The number of carbonyl (C=O) groups excluding carboxylic acids is 2. The van der Waals surface area contributed by atoms with E-state index in [0.717, 1.165) is 24.9 Å². The van der Waals surface area contributed by atoms with Gasteiger partial charge in [0.1, 0.15) is 0 Å². The van der Waals surface area contributed by atoms with E-state index in [0.29, 0.717) is 26.2 Å². The summed E-state index contributed by atoms with van der Waals surface area (Å²) in [7, 11) is 0. The Morgan fingerprint density at radius 2 is 1.96 bits per heavy atom. The van der Waals surface area contributed by atoms with Crippen LogP contribution in [0, 0.1) is 5.92 Å². The maximum Gasteiger partial charge on any atom is 0.229 e. The van der Waals surface area contributed by atoms with Crippen molar-refractivity contribution in [3.63, 3.8) is 0 Å². The number of unbranched alkanes of at least 4 members (excludes halogenated alkanes) is 1. The van der Waals surface area contributed by atoms with Crippen LogP contribution in [0.15, 0.2) is 24.3 Å². The number of ether oxygens (including phenoxy) is 1. The van der Waals surface area contributed by atoms with Gasteiger partial charge in [0.25, 0.3) is 0 Å². The van der Waals surface area contributed by atoms with Gasteiger partial charge in [-0.2, -0.15) is 0 Å². The number of carbonyl (C=O) groups is 2. The van der Waals surface area contributed by atoms with Crippen LogP contribution in [0.1, 0.15) is 44.6 Å². The highest BCUT2D eigenvalue weighted by atomic mass is 16.5. The Balaban J connectivity index is 1.53. The fourth-order valence-corrected chi connectivity index (χ4v) is 3.64. The molecule has 1 N–H and O–H groups in total. The second-order valence-electron chi connectivity index (χ2n) is 7.08. The highest BCUT2D eigenvalue weighted by Crippen LogP contribution is 2.26. The fourth-order valence-electron chi connectivity index (χ4n) is 3.64. The molecule has 5 nitrogen and oxygen atoms in total. The van der Waals surface area contributed by atoms with Crippen LogP contribution in [-0.2, 0) is 20.7 Å². The molecule has 0 aliphatic carbocycles. The Morgan fingerprint density at radius 3 is 2.64 bits per heavy atom. The van der Waals surface area contributed by atoms with Crippen LogP contribution >= 0.6 is 0 Å². The van der Waals surface area contributed by atoms with Gasteiger partial charge >= 0.3 is 0 Å². The molecular formula is C20H28N2O3. The number of nitrogens with one attached hydrogen (secondary N) is 1. The maximum absolute atomic E-state index is 12.5. The highest BCUT2D eigenvalue weighted by molar-refractivity contribution is 5.97. The molecule has 2 amide bonds. The lowest BCUT2D eigenvalue weighted by atomic mass is 10.1. The van der Waals surface area contributed by atoms with E-state index in [1.807, 2.05) is 17.0 Å². The molecule has 2 fully saturated rings. The molecule has 1 atom stereocenters. The van der Waals surface area contributed by atoms with Crippen LogP contribution in [0.25, 0.3) is 0 Å². The first-order chi connectivity index (χ1) is 12.2. The molecule has 2 heterocycles. The molecule has 0 saturated carbocycles. The Hall–Kier alpha value is -1.88. The first kappa shape index (κ1) is 17.9. The topological polar surface area (TPSA) is 58.6 Å². The zero-order valence-electron chi connectivity index (χ0n) is 15.0. The van der Waals surface area contributed by atoms with Gasteiger partial charge in [-0.25, -0.2) is 0 Å². The Kier molecular flexibility index (Phi) is 6.08. The van der Waals surface area contributed by atoms with Gasteiger partial charge in [-0.05, 0) is 43.4 Å². The van der Waals surface area contributed by atoms with Crippen molar-refractivity contribution in [3.8, 4) is 0 Å². The van der Waals surface area contributed by atoms with E-state index in [4.69, 9.17) is 4.74 Å². The summed E-state index contributed by atoms with van der Waals surface area (Å²) in [5.74, 6) is -0.207. The van der Waals surface area contributed by atoms with Crippen LogP contribution in [0.3, 0.4) is 0 Å². The zero-order chi connectivity index (χ0) is 17.6. The first-order valence-corrected chi connectivity index (χ1v) is 9.44. The molecule has 2 saturated heterocycles. The standard InChI is InChI=1S/C20H28N2O3/c1-2-3-4-15-5-7-17(8-6-15)21-20(24)16-13-19(23)22(14-16)18-9-11-25-12-10-18/h5-8,16,18H,2-4,9-14H2,1H3,(H,21,24). The minimum Gasteiger partial charge on any atom is -0.381 e. The quantitative estimate of drug-likeness (QED) is 0.863. The monoisotopic (exact) mass is 344 g/mol. The summed E-state index contributed by atoms with van der Waals surface area (Å²) in [4.78, 5) is 26.7. The summed E-state index contributed by atoms with van der Waals surface area (Å²) in [6.07, 6.45) is 5.49. The first-order valence-electron chi connectivity index (χ1n) is 9.44. The molecule has 2 aliphatic rings. The molecule has 3 rings (SSSR count). The summed E-state index contributed by atoms with van der Waals surface area (Å²) in [6.45, 7) is 4.12. The van der Waals surface area contributed by atoms with Gasteiger partial charge in [0, 0.05) is 37.9 Å². The average Bonchev–Trinajstić information content (AvgIpc) is 3.04. The Labute approximate surface area is 149 Å². The molecular weight excluding hydrogens is 316 g/mol. The average molecular weight is 344 g/mol. The van der Waals surface area contributed by atoms with E-state index in [1.54, 1.807) is 0 Å². The Morgan fingerprint density at radius 1 is 1.24 bits per heavy atom. The normalized spacial score (nSPS) is 21.6. The number of nitrogens with zero attached hydrogens (tertiary/aromatic N) is 1. The van der Waals surface area contributed by atoms with Crippen molar-refractivity contribution in [2.24, 2.45) is 5.92 Å². The van der Waals surface area contributed by atoms with Gasteiger partial charge in [0.2, 0.25) is 11.8 Å². The van der Waals surface area contributed by atoms with Gasteiger partial charge in [-0.3, -0.25) is 9.59 Å². The molecule has 1 aromatic rings. The zero-order valence-corrected chi connectivity index (χ0v) is 15.0. The number of rotatable bonds is 6. The van der Waals surface area contributed by atoms with Crippen molar-refractivity contribution in [2.45, 2.75) is 51.5 Å². The van der Waals surface area contributed by atoms with Crippen LogP contribution in [0.2, 0.25) is 0 Å². The van der Waals surface area contributed by atoms with Crippen LogP contribution < -0.4 is 5.32 Å². The van der Waals surface area contributed by atoms with Gasteiger partial charge < -0.3 is 15.0 Å². The largest absolute Gasteiger partial charge is 0.381 e. The highest BCUT2D eigenvalue weighted by Gasteiger charge is 2.38. The van der Waals surface area contributed by atoms with Crippen molar-refractivity contribution < 1.29 is 14.3 Å². The lowest BCUT2D eigenvalue weighted by molar-refractivity contribution is -0.131. The molecule has 136 valence electrons. The van der Waals surface area contributed by atoms with E-state index >= 15 is 0 Å². The van der Waals surface area contributed by atoms with Crippen molar-refractivity contribution in [1.29, 1.82) is 0 Å². The molecule has 0 bridgehead atoms. The van der Waals surface area contributed by atoms with Crippen molar-refractivity contribution in [1.82, 2.24) is 4.90 Å². The van der Waals surface area contributed by atoms with Gasteiger partial charge in [-0.1, -0.05) is 25.5 Å². The number of aryl methyl sites for hydroxylation is 1. The summed E-state index contributed by atoms with van der Waals surface area (Å²) in [5, 5.41) is 2.97. The third-order valence-corrected chi connectivity index (χ3v) is 5.20. The van der Waals surface area contributed by atoms with Gasteiger partial charge in [0.05, 0.1) is 5.92 Å². The molecule has 1 unspecified atom stereocenters. The number of amides is 2. The van der Waals surface area contributed by atoms with E-state index in [2.05, 4.69) is 24.4 Å². The van der Waals surface area contributed by atoms with Gasteiger partial charge in [0.15, 0.2) is 0 Å². The third kappa shape index (κ3) is 4.60. The molecule has 0 aromatic heterocycles. The molecule has 5 heteroatoms. The predicted molar refractivity (Wildman–Crippen MR) is 97.3 cm³/mol. The summed E-state index contributed by atoms with van der Waals surface area (Å²) >= 11 is 0.